The zero-order valence-electron chi connectivity index (χ0n) is 6.01. The van der Waals surface area contributed by atoms with Gasteiger partial charge in [0, 0.05) is 12.4 Å². The molecule has 0 aliphatic heterocycles. The fourth-order valence-corrected chi connectivity index (χ4v) is 0.600. The van der Waals surface area contributed by atoms with Crippen LogP contribution < -0.4 is 4.74 Å². The van der Waals surface area contributed by atoms with E-state index in [1.807, 2.05) is 0 Å². The van der Waals surface area contributed by atoms with Crippen LogP contribution in [0.25, 0.3) is 0 Å². The first-order chi connectivity index (χ1) is 5.58. The molecular formula is C7H6F3NO. The number of rotatable bonds is 2. The molecule has 0 unspecified atom stereocenters. The SMILES string of the molecule is FC(F)(F)COc1ccncc1. The maximum atomic E-state index is 11.6. The summed E-state index contributed by atoms with van der Waals surface area (Å²) < 4.78 is 39.2. The molecule has 2 nitrogen and oxygen atoms in total. The molecule has 12 heavy (non-hydrogen) atoms. The van der Waals surface area contributed by atoms with E-state index in [9.17, 15) is 13.2 Å². The van der Waals surface area contributed by atoms with Crippen LogP contribution in [0.4, 0.5) is 13.2 Å². The highest BCUT2D eigenvalue weighted by Crippen LogP contribution is 2.17. The molecule has 0 saturated heterocycles. The molecule has 0 amide bonds. The van der Waals surface area contributed by atoms with E-state index in [2.05, 4.69) is 9.72 Å². The summed E-state index contributed by atoms with van der Waals surface area (Å²) >= 11 is 0. The third kappa shape index (κ3) is 3.23. The van der Waals surface area contributed by atoms with Crippen LogP contribution in [0, 0.1) is 0 Å². The van der Waals surface area contributed by atoms with Crippen molar-refractivity contribution >= 4 is 0 Å². The second-order valence-electron chi connectivity index (χ2n) is 2.09. The van der Waals surface area contributed by atoms with Crippen molar-refractivity contribution < 1.29 is 17.9 Å². The van der Waals surface area contributed by atoms with Gasteiger partial charge in [-0.2, -0.15) is 13.2 Å². The summed E-state index contributed by atoms with van der Waals surface area (Å²) in [5, 5.41) is 0. The maximum Gasteiger partial charge on any atom is 0.422 e. The zero-order valence-corrected chi connectivity index (χ0v) is 6.01. The van der Waals surface area contributed by atoms with Gasteiger partial charge in [-0.25, -0.2) is 0 Å². The molecular weight excluding hydrogens is 171 g/mol. The van der Waals surface area contributed by atoms with Gasteiger partial charge in [-0.1, -0.05) is 0 Å². The lowest BCUT2D eigenvalue weighted by Crippen LogP contribution is -2.19. The Morgan fingerprint density at radius 1 is 1.25 bits per heavy atom. The number of alkyl halides is 3. The number of hydrogen-bond donors (Lipinski definition) is 0. The molecule has 66 valence electrons. The highest BCUT2D eigenvalue weighted by atomic mass is 19.4. The standard InChI is InChI=1S/C7H6F3NO/c8-7(9,10)5-12-6-1-3-11-4-2-6/h1-4H,5H2. The van der Waals surface area contributed by atoms with Gasteiger partial charge in [-0.05, 0) is 12.1 Å². The van der Waals surface area contributed by atoms with Crippen LogP contribution in [0.2, 0.25) is 0 Å². The molecule has 0 aliphatic rings. The van der Waals surface area contributed by atoms with Gasteiger partial charge in [0.1, 0.15) is 5.75 Å². The first-order valence-electron chi connectivity index (χ1n) is 3.17. The second-order valence-corrected chi connectivity index (χ2v) is 2.09. The average Bonchev–Trinajstić information content (AvgIpc) is 2.02. The smallest absolute Gasteiger partial charge is 0.422 e. The maximum absolute atomic E-state index is 11.6. The zero-order chi connectivity index (χ0) is 9.03. The number of hydrogen-bond acceptors (Lipinski definition) is 2. The molecule has 1 heterocycles. The van der Waals surface area contributed by atoms with Crippen molar-refractivity contribution in [2.75, 3.05) is 6.61 Å². The van der Waals surface area contributed by atoms with Crippen LogP contribution in [0.1, 0.15) is 0 Å². The normalized spacial score (nSPS) is 11.2. The fourth-order valence-electron chi connectivity index (χ4n) is 0.600. The first kappa shape index (κ1) is 8.83. The van der Waals surface area contributed by atoms with Gasteiger partial charge in [0.2, 0.25) is 0 Å². The summed E-state index contributed by atoms with van der Waals surface area (Å²) in [6, 6.07) is 2.73. The third-order valence-corrected chi connectivity index (χ3v) is 1.05. The van der Waals surface area contributed by atoms with Crippen molar-refractivity contribution in [1.29, 1.82) is 0 Å². The molecule has 1 rings (SSSR count). The van der Waals surface area contributed by atoms with E-state index in [4.69, 9.17) is 0 Å². The second kappa shape index (κ2) is 3.42. The predicted octanol–water partition coefficient (Wildman–Crippen LogP) is 2.02. The van der Waals surface area contributed by atoms with Crippen LogP contribution >= 0.6 is 0 Å². The molecule has 0 aromatic carbocycles. The first-order valence-corrected chi connectivity index (χ1v) is 3.17. The molecule has 0 saturated carbocycles. The van der Waals surface area contributed by atoms with E-state index >= 15 is 0 Å². The summed E-state index contributed by atoms with van der Waals surface area (Å²) in [6.45, 7) is -1.27. The highest BCUT2D eigenvalue weighted by Gasteiger charge is 2.28. The Morgan fingerprint density at radius 2 is 1.83 bits per heavy atom. The van der Waals surface area contributed by atoms with Crippen molar-refractivity contribution in [2.45, 2.75) is 6.18 Å². The van der Waals surface area contributed by atoms with Gasteiger partial charge in [-0.3, -0.25) is 4.98 Å². The van der Waals surface area contributed by atoms with E-state index in [1.54, 1.807) is 0 Å². The van der Waals surface area contributed by atoms with E-state index in [1.165, 1.54) is 24.5 Å². The van der Waals surface area contributed by atoms with Gasteiger partial charge in [0.25, 0.3) is 0 Å². The number of halogens is 3. The molecule has 1 aromatic rings. The minimum Gasteiger partial charge on any atom is -0.484 e. The van der Waals surface area contributed by atoms with Crippen molar-refractivity contribution in [2.24, 2.45) is 0 Å². The van der Waals surface area contributed by atoms with Crippen LogP contribution in [-0.2, 0) is 0 Å². The Labute approximate surface area is 67.0 Å². The lowest BCUT2D eigenvalue weighted by atomic mass is 10.4. The number of ether oxygens (including phenoxy) is 1. The summed E-state index contributed by atoms with van der Waals surface area (Å²) in [7, 11) is 0. The Morgan fingerprint density at radius 3 is 2.33 bits per heavy atom. The van der Waals surface area contributed by atoms with Crippen LogP contribution in [0.3, 0.4) is 0 Å². The van der Waals surface area contributed by atoms with E-state index in [-0.39, 0.29) is 5.75 Å². The molecule has 0 bridgehead atoms. The van der Waals surface area contributed by atoms with Crippen molar-refractivity contribution in [3.63, 3.8) is 0 Å². The Balaban J connectivity index is 2.44. The fraction of sp³-hybridized carbons (Fsp3) is 0.286. The van der Waals surface area contributed by atoms with Crippen LogP contribution in [0.15, 0.2) is 24.5 Å². The third-order valence-electron chi connectivity index (χ3n) is 1.05. The van der Waals surface area contributed by atoms with Crippen molar-refractivity contribution in [3.05, 3.63) is 24.5 Å². The van der Waals surface area contributed by atoms with Crippen LogP contribution in [0.5, 0.6) is 5.75 Å². The van der Waals surface area contributed by atoms with Gasteiger partial charge in [-0.15, -0.1) is 0 Å². The number of nitrogens with zero attached hydrogens (tertiary/aromatic N) is 1. The van der Waals surface area contributed by atoms with Gasteiger partial charge in [0.05, 0.1) is 0 Å². The largest absolute Gasteiger partial charge is 0.484 e. The van der Waals surface area contributed by atoms with Crippen molar-refractivity contribution in [3.8, 4) is 5.75 Å². The Bertz CT molecular complexity index is 234. The van der Waals surface area contributed by atoms with E-state index < -0.39 is 12.8 Å². The molecule has 0 spiro atoms. The molecule has 0 atom stereocenters. The average molecular weight is 177 g/mol. The minimum atomic E-state index is -4.29. The number of aromatic nitrogens is 1. The van der Waals surface area contributed by atoms with E-state index in [0.29, 0.717) is 0 Å². The van der Waals surface area contributed by atoms with Crippen molar-refractivity contribution in [1.82, 2.24) is 4.98 Å². The van der Waals surface area contributed by atoms with E-state index in [0.717, 1.165) is 0 Å². The topological polar surface area (TPSA) is 22.1 Å². The Hall–Kier alpha value is -1.26. The molecule has 0 radical (unpaired) electrons. The summed E-state index contributed by atoms with van der Waals surface area (Å²) in [5.41, 5.74) is 0. The monoisotopic (exact) mass is 177 g/mol. The minimum absolute atomic E-state index is 0.169. The summed E-state index contributed by atoms with van der Waals surface area (Å²) in [6.07, 6.45) is -1.55. The van der Waals surface area contributed by atoms with Crippen LogP contribution in [-0.4, -0.2) is 17.8 Å². The lowest BCUT2D eigenvalue weighted by molar-refractivity contribution is -0.153. The Kier molecular flexibility index (Phi) is 2.52. The molecule has 0 N–H and O–H groups in total. The summed E-state index contributed by atoms with van der Waals surface area (Å²) in [5.74, 6) is 0.169. The molecule has 5 heteroatoms. The molecule has 0 aliphatic carbocycles. The molecule has 1 aromatic heterocycles. The quantitative estimate of drug-likeness (QED) is 0.689. The number of pyridine rings is 1. The molecule has 0 fully saturated rings. The van der Waals surface area contributed by atoms with Gasteiger partial charge < -0.3 is 4.74 Å². The summed E-state index contributed by atoms with van der Waals surface area (Å²) in [4.78, 5) is 3.63. The predicted molar refractivity (Wildman–Crippen MR) is 35.8 cm³/mol. The van der Waals surface area contributed by atoms with Gasteiger partial charge >= 0.3 is 6.18 Å². The highest BCUT2D eigenvalue weighted by molar-refractivity contribution is 5.16. The van der Waals surface area contributed by atoms with Gasteiger partial charge in [0.15, 0.2) is 6.61 Å². The lowest BCUT2D eigenvalue weighted by Gasteiger charge is -2.07.